The first-order valence-corrected chi connectivity index (χ1v) is 19.8. The second-order valence-electron chi connectivity index (χ2n) is 14.3. The molecule has 272 valence electrons. The standard InChI is InChI=1S/2C26H26O/c2*1-3-25(23-15-13-19-9-5-7-11-21(19)17-23)27-26(4-2)24-16-14-20-10-6-8-12-22(20)18-24/h2*5-18,25-26H,3-4H2,1-2H3. The summed E-state index contributed by atoms with van der Waals surface area (Å²) in [5, 5.41) is 10.2. The van der Waals surface area contributed by atoms with E-state index in [0.29, 0.717) is 0 Å². The van der Waals surface area contributed by atoms with E-state index in [0.717, 1.165) is 25.7 Å². The van der Waals surface area contributed by atoms with Crippen molar-refractivity contribution in [2.24, 2.45) is 0 Å². The van der Waals surface area contributed by atoms with Crippen molar-refractivity contribution in [2.45, 2.75) is 77.8 Å². The van der Waals surface area contributed by atoms with Gasteiger partial charge in [-0.2, -0.15) is 0 Å². The first-order chi connectivity index (χ1) is 26.6. The van der Waals surface area contributed by atoms with Crippen LogP contribution in [0, 0.1) is 0 Å². The van der Waals surface area contributed by atoms with Gasteiger partial charge in [0.15, 0.2) is 0 Å². The Labute approximate surface area is 321 Å². The second-order valence-corrected chi connectivity index (χ2v) is 14.3. The Morgan fingerprint density at radius 3 is 0.685 bits per heavy atom. The number of fused-ring (bicyclic) bond motifs is 4. The van der Waals surface area contributed by atoms with Crippen LogP contribution in [0.4, 0.5) is 0 Å². The molecule has 0 amide bonds. The molecule has 8 rings (SSSR count). The van der Waals surface area contributed by atoms with Crippen LogP contribution in [0.2, 0.25) is 0 Å². The molecule has 0 heterocycles. The van der Waals surface area contributed by atoms with E-state index in [1.165, 1.54) is 65.3 Å². The van der Waals surface area contributed by atoms with E-state index in [2.05, 4.69) is 198 Å². The van der Waals surface area contributed by atoms with E-state index >= 15 is 0 Å². The van der Waals surface area contributed by atoms with Gasteiger partial charge in [-0.15, -0.1) is 0 Å². The Bertz CT molecular complexity index is 2100. The molecule has 2 heteroatoms. The normalized spacial score (nSPS) is 13.7. The highest BCUT2D eigenvalue weighted by molar-refractivity contribution is 5.85. The smallest absolute Gasteiger partial charge is 0.0830 e. The Balaban J connectivity index is 0.000000167. The molecule has 0 aliphatic heterocycles. The summed E-state index contributed by atoms with van der Waals surface area (Å²) in [6.45, 7) is 8.81. The summed E-state index contributed by atoms with van der Waals surface area (Å²) in [5.41, 5.74) is 5.04. The van der Waals surface area contributed by atoms with E-state index in [9.17, 15) is 0 Å². The molecule has 0 saturated heterocycles. The van der Waals surface area contributed by atoms with E-state index < -0.39 is 0 Å². The Hall–Kier alpha value is -5.28. The average molecular weight is 709 g/mol. The molecule has 0 aliphatic rings. The van der Waals surface area contributed by atoms with E-state index in [1.54, 1.807) is 0 Å². The maximum absolute atomic E-state index is 6.62. The molecule has 0 radical (unpaired) electrons. The van der Waals surface area contributed by atoms with Crippen molar-refractivity contribution in [3.8, 4) is 0 Å². The number of hydrogen-bond acceptors (Lipinski definition) is 2. The van der Waals surface area contributed by atoms with Crippen LogP contribution in [0.5, 0.6) is 0 Å². The maximum Gasteiger partial charge on any atom is 0.0830 e. The zero-order valence-corrected chi connectivity index (χ0v) is 32.1. The Morgan fingerprint density at radius 1 is 0.278 bits per heavy atom. The molecule has 8 aromatic rings. The molecule has 4 unspecified atom stereocenters. The highest BCUT2D eigenvalue weighted by atomic mass is 16.5. The number of benzene rings is 8. The minimum atomic E-state index is 0.103. The van der Waals surface area contributed by atoms with Crippen LogP contribution in [0.15, 0.2) is 170 Å². The fourth-order valence-corrected chi connectivity index (χ4v) is 7.67. The maximum atomic E-state index is 6.62. The lowest BCUT2D eigenvalue weighted by Gasteiger charge is -2.25. The molecule has 2 nitrogen and oxygen atoms in total. The molecular weight excluding hydrogens is 657 g/mol. The summed E-state index contributed by atoms with van der Waals surface area (Å²) in [5.74, 6) is 0. The minimum absolute atomic E-state index is 0.103. The summed E-state index contributed by atoms with van der Waals surface area (Å²) in [4.78, 5) is 0. The Kier molecular flexibility index (Phi) is 12.1. The van der Waals surface area contributed by atoms with Crippen LogP contribution in [0.3, 0.4) is 0 Å². The average Bonchev–Trinajstić information content (AvgIpc) is 3.24. The number of rotatable bonds is 12. The molecule has 0 spiro atoms. The van der Waals surface area contributed by atoms with Crippen LogP contribution in [-0.4, -0.2) is 0 Å². The molecule has 0 N–H and O–H groups in total. The minimum Gasteiger partial charge on any atom is -0.366 e. The fraction of sp³-hybridized carbons (Fsp3) is 0.231. The molecule has 0 aromatic heterocycles. The monoisotopic (exact) mass is 708 g/mol. The summed E-state index contributed by atoms with van der Waals surface area (Å²) in [6, 6.07) is 60.8. The van der Waals surface area contributed by atoms with E-state index in [4.69, 9.17) is 9.47 Å². The van der Waals surface area contributed by atoms with Gasteiger partial charge in [0.1, 0.15) is 0 Å². The van der Waals surface area contributed by atoms with Crippen LogP contribution >= 0.6 is 0 Å². The highest BCUT2D eigenvalue weighted by Gasteiger charge is 2.20. The topological polar surface area (TPSA) is 18.5 Å². The van der Waals surface area contributed by atoms with Crippen molar-refractivity contribution in [3.63, 3.8) is 0 Å². The first-order valence-electron chi connectivity index (χ1n) is 19.8. The quantitative estimate of drug-likeness (QED) is 0.126. The molecule has 54 heavy (non-hydrogen) atoms. The lowest BCUT2D eigenvalue weighted by Crippen LogP contribution is -2.09. The largest absolute Gasteiger partial charge is 0.366 e. The third-order valence-electron chi connectivity index (χ3n) is 10.7. The molecule has 8 aromatic carbocycles. The molecule has 0 aliphatic carbocycles. The molecule has 4 atom stereocenters. The van der Waals surface area contributed by atoms with Crippen molar-refractivity contribution in [1.29, 1.82) is 0 Å². The van der Waals surface area contributed by atoms with Gasteiger partial charge >= 0.3 is 0 Å². The van der Waals surface area contributed by atoms with Crippen LogP contribution < -0.4 is 0 Å². The van der Waals surface area contributed by atoms with Crippen LogP contribution in [0.1, 0.15) is 100 Å². The zero-order chi connectivity index (χ0) is 37.3. The van der Waals surface area contributed by atoms with Crippen molar-refractivity contribution < 1.29 is 9.47 Å². The molecular formula is C52H52O2. The number of ether oxygens (including phenoxy) is 2. The van der Waals surface area contributed by atoms with Gasteiger partial charge in [-0.25, -0.2) is 0 Å². The number of hydrogen-bond donors (Lipinski definition) is 0. The van der Waals surface area contributed by atoms with Crippen molar-refractivity contribution in [2.75, 3.05) is 0 Å². The molecule has 0 fully saturated rings. The van der Waals surface area contributed by atoms with E-state index in [1.807, 2.05) is 0 Å². The summed E-state index contributed by atoms with van der Waals surface area (Å²) in [7, 11) is 0. The van der Waals surface area contributed by atoms with Gasteiger partial charge in [-0.3, -0.25) is 0 Å². The van der Waals surface area contributed by atoms with E-state index in [-0.39, 0.29) is 24.4 Å². The van der Waals surface area contributed by atoms with Crippen molar-refractivity contribution in [1.82, 2.24) is 0 Å². The SMILES string of the molecule is CCC(OC(CC)c1ccc2ccccc2c1)c1ccc2ccccc2c1.CCC(OC(CC)c1ccc2ccccc2c1)c1ccc2ccccc2c1. The first kappa shape index (κ1) is 37.1. The van der Waals surface area contributed by atoms with Crippen LogP contribution in [-0.2, 0) is 9.47 Å². The molecule has 0 bridgehead atoms. The van der Waals surface area contributed by atoms with Crippen LogP contribution in [0.25, 0.3) is 43.1 Å². The fourth-order valence-electron chi connectivity index (χ4n) is 7.67. The zero-order valence-electron chi connectivity index (χ0n) is 32.1. The second kappa shape index (κ2) is 17.7. The predicted octanol–water partition coefficient (Wildman–Crippen LogP) is 15.2. The van der Waals surface area contributed by atoms with Gasteiger partial charge in [-0.05, 0) is 115 Å². The lowest BCUT2D eigenvalue weighted by molar-refractivity contribution is -0.0191. The van der Waals surface area contributed by atoms with Crippen molar-refractivity contribution in [3.05, 3.63) is 192 Å². The lowest BCUT2D eigenvalue weighted by atomic mass is 9.99. The van der Waals surface area contributed by atoms with Gasteiger partial charge in [0.05, 0.1) is 24.4 Å². The summed E-state index contributed by atoms with van der Waals surface area (Å²) < 4.78 is 13.2. The van der Waals surface area contributed by atoms with Gasteiger partial charge < -0.3 is 9.47 Å². The van der Waals surface area contributed by atoms with Crippen molar-refractivity contribution >= 4 is 43.1 Å². The van der Waals surface area contributed by atoms with Gasteiger partial charge in [0.2, 0.25) is 0 Å². The third-order valence-corrected chi connectivity index (χ3v) is 10.7. The van der Waals surface area contributed by atoms with Gasteiger partial charge in [0, 0.05) is 0 Å². The van der Waals surface area contributed by atoms with Gasteiger partial charge in [0.25, 0.3) is 0 Å². The summed E-state index contributed by atoms with van der Waals surface area (Å²) >= 11 is 0. The molecule has 0 saturated carbocycles. The third kappa shape index (κ3) is 8.57. The van der Waals surface area contributed by atoms with Gasteiger partial charge in [-0.1, -0.05) is 173 Å². The predicted molar refractivity (Wildman–Crippen MR) is 230 cm³/mol. The Morgan fingerprint density at radius 2 is 0.481 bits per heavy atom. The summed E-state index contributed by atoms with van der Waals surface area (Å²) in [6.07, 6.45) is 4.25. The highest BCUT2D eigenvalue weighted by Crippen LogP contribution is 2.35.